The molecule has 0 aromatic heterocycles. The highest BCUT2D eigenvalue weighted by molar-refractivity contribution is 8.15. The Morgan fingerprint density at radius 1 is 1.44 bits per heavy atom. The van der Waals surface area contributed by atoms with Crippen LogP contribution in [-0.4, -0.2) is 40.0 Å². The van der Waals surface area contributed by atoms with Crippen LogP contribution in [-0.2, 0) is 9.59 Å². The first-order valence-electron chi connectivity index (χ1n) is 6.49. The average Bonchev–Trinajstić information content (AvgIpc) is 2.80. The summed E-state index contributed by atoms with van der Waals surface area (Å²) in [5.41, 5.74) is -0.317. The molecule has 0 saturated carbocycles. The molecular formula is C13H9F4N3O4S. The molecule has 1 saturated heterocycles. The molecule has 7 nitrogen and oxygen atoms in total. The van der Waals surface area contributed by atoms with Gasteiger partial charge in [-0.2, -0.15) is 5.10 Å². The molecule has 1 aliphatic rings. The van der Waals surface area contributed by atoms with Gasteiger partial charge in [0.15, 0.2) is 5.17 Å². The Hall–Kier alpha value is -2.63. The number of carbonyl (C=O) groups is 2. The van der Waals surface area contributed by atoms with E-state index in [1.54, 1.807) is 0 Å². The van der Waals surface area contributed by atoms with E-state index in [0.29, 0.717) is 0 Å². The molecule has 0 spiro atoms. The molecule has 0 aliphatic carbocycles. The third-order valence-electron chi connectivity index (χ3n) is 2.68. The second-order valence-corrected chi connectivity index (χ2v) is 5.77. The van der Waals surface area contributed by atoms with Crippen LogP contribution >= 0.6 is 11.8 Å². The van der Waals surface area contributed by atoms with Gasteiger partial charge in [0.2, 0.25) is 5.91 Å². The summed E-state index contributed by atoms with van der Waals surface area (Å²) in [5.74, 6) is -3.22. The van der Waals surface area contributed by atoms with Crippen molar-refractivity contribution >= 4 is 35.0 Å². The van der Waals surface area contributed by atoms with Crippen molar-refractivity contribution in [2.75, 3.05) is 0 Å². The summed E-state index contributed by atoms with van der Waals surface area (Å²) < 4.78 is 53.6. The highest BCUT2D eigenvalue weighted by atomic mass is 32.2. The number of aliphatic carboxylic acids is 1. The fourth-order valence-electron chi connectivity index (χ4n) is 1.71. The molecule has 0 bridgehead atoms. The fraction of sp³-hybridized carbons (Fsp3) is 0.231. The summed E-state index contributed by atoms with van der Waals surface area (Å²) in [6, 6.07) is 2.35. The van der Waals surface area contributed by atoms with Crippen LogP contribution in [0.2, 0.25) is 0 Å². The lowest BCUT2D eigenvalue weighted by Gasteiger charge is -2.09. The maximum Gasteiger partial charge on any atom is 0.573 e. The van der Waals surface area contributed by atoms with E-state index < -0.39 is 41.5 Å². The van der Waals surface area contributed by atoms with Gasteiger partial charge in [0, 0.05) is 5.56 Å². The predicted octanol–water partition coefficient (Wildman–Crippen LogP) is 2.12. The predicted molar refractivity (Wildman–Crippen MR) is 79.9 cm³/mol. The van der Waals surface area contributed by atoms with Crippen LogP contribution in [0.15, 0.2) is 28.4 Å². The Labute approximate surface area is 141 Å². The number of nitrogens with zero attached hydrogens (tertiary/aromatic N) is 2. The number of hydrogen-bond acceptors (Lipinski definition) is 6. The smallest absolute Gasteiger partial charge is 0.481 e. The SMILES string of the molecule is O=C(O)CC1SC(=NN=Cc2cc(OC(F)(F)F)ccc2F)NC1=O. The first kappa shape index (κ1) is 18.7. The summed E-state index contributed by atoms with van der Waals surface area (Å²) in [4.78, 5) is 22.1. The molecule has 1 amide bonds. The lowest BCUT2D eigenvalue weighted by Crippen LogP contribution is -2.26. The first-order valence-corrected chi connectivity index (χ1v) is 7.37. The summed E-state index contributed by atoms with van der Waals surface area (Å²) >= 11 is 0.825. The van der Waals surface area contributed by atoms with E-state index in [9.17, 15) is 27.2 Å². The van der Waals surface area contributed by atoms with E-state index in [-0.39, 0.29) is 10.7 Å². The van der Waals surface area contributed by atoms with Crippen molar-refractivity contribution in [3.63, 3.8) is 0 Å². The van der Waals surface area contributed by atoms with Crippen molar-refractivity contribution in [1.82, 2.24) is 5.32 Å². The number of amidine groups is 1. The average molecular weight is 379 g/mol. The normalized spacial score (nSPS) is 19.4. The molecule has 1 aromatic rings. The molecule has 2 N–H and O–H groups in total. The quantitative estimate of drug-likeness (QED) is 0.464. The van der Waals surface area contributed by atoms with E-state index in [0.717, 1.165) is 36.2 Å². The molecule has 1 aliphatic heterocycles. The van der Waals surface area contributed by atoms with E-state index in [4.69, 9.17) is 5.11 Å². The lowest BCUT2D eigenvalue weighted by atomic mass is 10.2. The molecule has 1 heterocycles. The van der Waals surface area contributed by atoms with Crippen LogP contribution < -0.4 is 10.1 Å². The Balaban J connectivity index is 2.08. The molecule has 1 unspecified atom stereocenters. The van der Waals surface area contributed by atoms with Gasteiger partial charge in [-0.15, -0.1) is 18.3 Å². The van der Waals surface area contributed by atoms with Crippen molar-refractivity contribution in [3.8, 4) is 5.75 Å². The van der Waals surface area contributed by atoms with Gasteiger partial charge < -0.3 is 15.2 Å². The molecular weight excluding hydrogens is 370 g/mol. The van der Waals surface area contributed by atoms with E-state index >= 15 is 0 Å². The lowest BCUT2D eigenvalue weighted by molar-refractivity contribution is -0.274. The van der Waals surface area contributed by atoms with Gasteiger partial charge in [-0.25, -0.2) is 4.39 Å². The third kappa shape index (κ3) is 5.74. The van der Waals surface area contributed by atoms with Crippen molar-refractivity contribution in [2.45, 2.75) is 18.0 Å². The van der Waals surface area contributed by atoms with Gasteiger partial charge in [0.05, 0.1) is 12.6 Å². The van der Waals surface area contributed by atoms with Gasteiger partial charge in [-0.05, 0) is 18.2 Å². The molecule has 1 fully saturated rings. The summed E-state index contributed by atoms with van der Waals surface area (Å²) in [6.45, 7) is 0. The minimum absolute atomic E-state index is 0.00407. The fourth-order valence-corrected chi connectivity index (χ4v) is 2.62. The van der Waals surface area contributed by atoms with Gasteiger partial charge in [0.25, 0.3) is 0 Å². The topological polar surface area (TPSA) is 100 Å². The Morgan fingerprint density at radius 3 is 2.80 bits per heavy atom. The molecule has 1 aromatic carbocycles. The number of halogens is 4. The molecule has 2 rings (SSSR count). The zero-order valence-electron chi connectivity index (χ0n) is 12.1. The van der Waals surface area contributed by atoms with Crippen LogP contribution in [0.1, 0.15) is 12.0 Å². The number of rotatable bonds is 5. The summed E-state index contributed by atoms with van der Waals surface area (Å²) in [6.07, 6.45) is -4.50. The number of hydrogen-bond donors (Lipinski definition) is 2. The summed E-state index contributed by atoms with van der Waals surface area (Å²) in [5, 5.41) is 17.1. The number of nitrogens with one attached hydrogen (secondary N) is 1. The van der Waals surface area contributed by atoms with Crippen LogP contribution in [0.3, 0.4) is 0 Å². The first-order chi connectivity index (χ1) is 11.6. The van der Waals surface area contributed by atoms with E-state index in [1.807, 2.05) is 0 Å². The number of ether oxygens (including phenoxy) is 1. The Morgan fingerprint density at radius 2 is 2.16 bits per heavy atom. The standard InChI is InChI=1S/C13H9F4N3O4S/c14-8-2-1-7(24-13(15,16)17)3-6(8)5-18-20-12-19-11(23)9(25-12)4-10(21)22/h1-3,5,9H,4H2,(H,21,22)(H,19,20,23). The second-order valence-electron chi connectivity index (χ2n) is 4.57. The third-order valence-corrected chi connectivity index (χ3v) is 3.76. The molecule has 25 heavy (non-hydrogen) atoms. The second kappa shape index (κ2) is 7.51. The largest absolute Gasteiger partial charge is 0.573 e. The Bertz CT molecular complexity index is 751. The van der Waals surface area contributed by atoms with Crippen molar-refractivity contribution < 1.29 is 37.0 Å². The van der Waals surface area contributed by atoms with Gasteiger partial charge in [0.1, 0.15) is 16.8 Å². The van der Waals surface area contributed by atoms with Crippen LogP contribution in [0.25, 0.3) is 0 Å². The molecule has 1 atom stereocenters. The van der Waals surface area contributed by atoms with E-state index in [1.165, 1.54) is 0 Å². The van der Waals surface area contributed by atoms with Crippen LogP contribution in [0.4, 0.5) is 17.6 Å². The number of alkyl halides is 3. The number of benzene rings is 1. The summed E-state index contributed by atoms with van der Waals surface area (Å²) in [7, 11) is 0. The van der Waals surface area contributed by atoms with Gasteiger partial charge >= 0.3 is 12.3 Å². The maximum absolute atomic E-state index is 13.6. The van der Waals surface area contributed by atoms with Gasteiger partial charge in [-0.3, -0.25) is 9.59 Å². The van der Waals surface area contributed by atoms with Crippen LogP contribution in [0.5, 0.6) is 5.75 Å². The minimum Gasteiger partial charge on any atom is -0.481 e. The maximum atomic E-state index is 13.6. The van der Waals surface area contributed by atoms with Crippen LogP contribution in [0, 0.1) is 5.82 Å². The highest BCUT2D eigenvalue weighted by Crippen LogP contribution is 2.24. The van der Waals surface area contributed by atoms with Gasteiger partial charge in [-0.1, -0.05) is 11.8 Å². The number of thioether (sulfide) groups is 1. The molecule has 12 heteroatoms. The Kier molecular flexibility index (Phi) is 5.62. The highest BCUT2D eigenvalue weighted by Gasteiger charge is 2.32. The number of amides is 1. The van der Waals surface area contributed by atoms with Crippen molar-refractivity contribution in [2.24, 2.45) is 10.2 Å². The zero-order valence-corrected chi connectivity index (χ0v) is 12.9. The minimum atomic E-state index is -4.92. The zero-order chi connectivity index (χ0) is 18.6. The molecule has 134 valence electrons. The number of carboxylic acid groups (broad SMARTS) is 1. The van der Waals surface area contributed by atoms with E-state index in [2.05, 4.69) is 20.3 Å². The van der Waals surface area contributed by atoms with Crippen molar-refractivity contribution in [1.29, 1.82) is 0 Å². The van der Waals surface area contributed by atoms with Crippen molar-refractivity contribution in [3.05, 3.63) is 29.6 Å². The molecule has 0 radical (unpaired) electrons. The number of carbonyl (C=O) groups excluding carboxylic acids is 1. The monoisotopic (exact) mass is 379 g/mol. The number of carboxylic acids is 1.